The third-order valence-corrected chi connectivity index (χ3v) is 2.78. The molecule has 0 heterocycles. The van der Waals surface area contributed by atoms with Crippen molar-refractivity contribution < 1.29 is 19.4 Å². The number of carboxylic acids is 1. The molecule has 1 unspecified atom stereocenters. The van der Waals surface area contributed by atoms with Crippen LogP contribution in [0.2, 0.25) is 0 Å². The Morgan fingerprint density at radius 1 is 1.40 bits per heavy atom. The second-order valence-corrected chi connectivity index (χ2v) is 4.94. The van der Waals surface area contributed by atoms with Gasteiger partial charge in [-0.2, -0.15) is 0 Å². The molecule has 110 valence electrons. The monoisotopic (exact) mass is 280 g/mol. The first-order chi connectivity index (χ1) is 9.35. The SMILES string of the molecule is COc1ccc(NC(=O)C(N)CC(C)C)c(C(=O)O)c1. The number of hydrogen-bond donors (Lipinski definition) is 3. The van der Waals surface area contributed by atoms with Gasteiger partial charge in [-0.3, -0.25) is 4.79 Å². The van der Waals surface area contributed by atoms with Gasteiger partial charge < -0.3 is 20.9 Å². The first-order valence-corrected chi connectivity index (χ1v) is 6.33. The van der Waals surface area contributed by atoms with Crippen LogP contribution in [0.15, 0.2) is 18.2 Å². The average Bonchev–Trinajstić information content (AvgIpc) is 2.37. The van der Waals surface area contributed by atoms with E-state index in [1.165, 1.54) is 19.2 Å². The Bertz CT molecular complexity index is 500. The number of carbonyl (C=O) groups excluding carboxylic acids is 1. The first kappa shape index (κ1) is 16.0. The Balaban J connectivity index is 2.91. The fraction of sp³-hybridized carbons (Fsp3) is 0.429. The summed E-state index contributed by atoms with van der Waals surface area (Å²) in [6, 6.07) is 3.75. The molecule has 6 nitrogen and oxygen atoms in total. The third kappa shape index (κ3) is 4.24. The summed E-state index contributed by atoms with van der Waals surface area (Å²) in [5.41, 5.74) is 5.94. The average molecular weight is 280 g/mol. The number of nitrogens with two attached hydrogens (primary N) is 1. The highest BCUT2D eigenvalue weighted by atomic mass is 16.5. The van der Waals surface area contributed by atoms with Crippen molar-refractivity contribution in [2.45, 2.75) is 26.3 Å². The Hall–Kier alpha value is -2.08. The van der Waals surface area contributed by atoms with E-state index in [1.807, 2.05) is 13.8 Å². The summed E-state index contributed by atoms with van der Waals surface area (Å²) in [5, 5.41) is 11.7. The minimum absolute atomic E-state index is 0.0329. The number of nitrogens with one attached hydrogen (secondary N) is 1. The highest BCUT2D eigenvalue weighted by Crippen LogP contribution is 2.22. The highest BCUT2D eigenvalue weighted by molar-refractivity contribution is 6.02. The standard InChI is InChI=1S/C14H20N2O4/c1-8(2)6-11(15)13(17)16-12-5-4-9(20-3)7-10(12)14(18)19/h4-5,7-8,11H,6,15H2,1-3H3,(H,16,17)(H,18,19). The molecule has 0 aliphatic rings. The molecule has 0 saturated heterocycles. The smallest absolute Gasteiger partial charge is 0.337 e. The van der Waals surface area contributed by atoms with E-state index in [2.05, 4.69) is 5.32 Å². The van der Waals surface area contributed by atoms with Gasteiger partial charge in [-0.15, -0.1) is 0 Å². The van der Waals surface area contributed by atoms with Crippen molar-refractivity contribution in [3.8, 4) is 5.75 Å². The zero-order valence-electron chi connectivity index (χ0n) is 11.8. The van der Waals surface area contributed by atoms with Crippen LogP contribution >= 0.6 is 0 Å². The van der Waals surface area contributed by atoms with Crippen molar-refractivity contribution in [3.05, 3.63) is 23.8 Å². The van der Waals surface area contributed by atoms with Crippen molar-refractivity contribution in [3.63, 3.8) is 0 Å². The summed E-state index contributed by atoms with van der Waals surface area (Å²) >= 11 is 0. The lowest BCUT2D eigenvalue weighted by Crippen LogP contribution is -2.37. The van der Waals surface area contributed by atoms with Gasteiger partial charge in [0, 0.05) is 0 Å². The maximum atomic E-state index is 11.9. The maximum absolute atomic E-state index is 11.9. The van der Waals surface area contributed by atoms with Crippen LogP contribution in [-0.4, -0.2) is 30.1 Å². The molecule has 6 heteroatoms. The topological polar surface area (TPSA) is 102 Å². The number of benzene rings is 1. The van der Waals surface area contributed by atoms with Gasteiger partial charge in [0.2, 0.25) is 5.91 Å². The summed E-state index contributed by atoms with van der Waals surface area (Å²) < 4.78 is 4.96. The van der Waals surface area contributed by atoms with E-state index >= 15 is 0 Å². The number of amides is 1. The van der Waals surface area contributed by atoms with Gasteiger partial charge in [0.05, 0.1) is 24.4 Å². The molecule has 1 atom stereocenters. The molecular weight excluding hydrogens is 260 g/mol. The van der Waals surface area contributed by atoms with Gasteiger partial charge in [0.25, 0.3) is 0 Å². The first-order valence-electron chi connectivity index (χ1n) is 6.33. The summed E-state index contributed by atoms with van der Waals surface area (Å²) in [4.78, 5) is 23.1. The molecule has 0 fully saturated rings. The number of carboxylic acid groups (broad SMARTS) is 1. The van der Waals surface area contributed by atoms with E-state index in [-0.39, 0.29) is 17.2 Å². The van der Waals surface area contributed by atoms with Gasteiger partial charge in [0.15, 0.2) is 0 Å². The Morgan fingerprint density at radius 3 is 2.55 bits per heavy atom. The van der Waals surface area contributed by atoms with Crippen LogP contribution < -0.4 is 15.8 Å². The Labute approximate surface area is 117 Å². The molecule has 0 spiro atoms. The van der Waals surface area contributed by atoms with Crippen molar-refractivity contribution in [2.24, 2.45) is 11.7 Å². The predicted octanol–water partition coefficient (Wildman–Crippen LogP) is 1.71. The zero-order valence-corrected chi connectivity index (χ0v) is 11.8. The minimum Gasteiger partial charge on any atom is -0.497 e. The normalized spacial score (nSPS) is 12.1. The van der Waals surface area contributed by atoms with E-state index in [9.17, 15) is 9.59 Å². The van der Waals surface area contributed by atoms with Crippen molar-refractivity contribution >= 4 is 17.6 Å². The predicted molar refractivity (Wildman–Crippen MR) is 76.0 cm³/mol. The number of aromatic carboxylic acids is 1. The Morgan fingerprint density at radius 2 is 2.05 bits per heavy atom. The number of rotatable bonds is 6. The molecule has 4 N–H and O–H groups in total. The van der Waals surface area contributed by atoms with Crippen molar-refractivity contribution in [2.75, 3.05) is 12.4 Å². The van der Waals surface area contributed by atoms with E-state index in [0.717, 1.165) is 0 Å². The van der Waals surface area contributed by atoms with E-state index in [4.69, 9.17) is 15.6 Å². The quantitative estimate of drug-likeness (QED) is 0.736. The van der Waals surface area contributed by atoms with E-state index in [1.54, 1.807) is 6.07 Å². The summed E-state index contributed by atoms with van der Waals surface area (Å²) in [5.74, 6) is -0.847. The van der Waals surface area contributed by atoms with Gasteiger partial charge in [-0.1, -0.05) is 13.8 Å². The van der Waals surface area contributed by atoms with Gasteiger partial charge in [-0.05, 0) is 30.5 Å². The number of carbonyl (C=O) groups is 2. The van der Waals surface area contributed by atoms with Crippen LogP contribution in [0.1, 0.15) is 30.6 Å². The fourth-order valence-corrected chi connectivity index (χ4v) is 1.78. The van der Waals surface area contributed by atoms with Crippen LogP contribution in [0, 0.1) is 5.92 Å². The zero-order chi connectivity index (χ0) is 15.3. The van der Waals surface area contributed by atoms with Gasteiger partial charge >= 0.3 is 5.97 Å². The Kier molecular flexibility index (Phi) is 5.52. The molecule has 0 aliphatic heterocycles. The fourth-order valence-electron chi connectivity index (χ4n) is 1.78. The van der Waals surface area contributed by atoms with E-state index < -0.39 is 17.9 Å². The van der Waals surface area contributed by atoms with Crippen molar-refractivity contribution in [1.29, 1.82) is 0 Å². The van der Waals surface area contributed by atoms with Crippen LogP contribution in [0.4, 0.5) is 5.69 Å². The molecule has 1 aromatic carbocycles. The highest BCUT2D eigenvalue weighted by Gasteiger charge is 2.18. The molecule has 0 radical (unpaired) electrons. The second-order valence-electron chi connectivity index (χ2n) is 4.94. The molecule has 1 rings (SSSR count). The molecule has 1 aromatic rings. The molecule has 1 amide bonds. The molecule has 20 heavy (non-hydrogen) atoms. The van der Waals surface area contributed by atoms with Crippen LogP contribution in [0.25, 0.3) is 0 Å². The number of anilines is 1. The number of ether oxygens (including phenoxy) is 1. The molecule has 0 saturated carbocycles. The molecular formula is C14H20N2O4. The van der Waals surface area contributed by atoms with Gasteiger partial charge in [0.1, 0.15) is 5.75 Å². The minimum atomic E-state index is -1.14. The van der Waals surface area contributed by atoms with Crippen LogP contribution in [-0.2, 0) is 4.79 Å². The largest absolute Gasteiger partial charge is 0.497 e. The lowest BCUT2D eigenvalue weighted by atomic mass is 10.0. The molecule has 0 bridgehead atoms. The lowest BCUT2D eigenvalue weighted by Gasteiger charge is -2.15. The van der Waals surface area contributed by atoms with Crippen LogP contribution in [0.5, 0.6) is 5.75 Å². The summed E-state index contributed by atoms with van der Waals surface area (Å²) in [6.07, 6.45) is 0.532. The summed E-state index contributed by atoms with van der Waals surface area (Å²) in [6.45, 7) is 3.92. The van der Waals surface area contributed by atoms with Gasteiger partial charge in [-0.25, -0.2) is 4.79 Å². The molecule has 0 aliphatic carbocycles. The number of methoxy groups -OCH3 is 1. The van der Waals surface area contributed by atoms with Crippen molar-refractivity contribution in [1.82, 2.24) is 0 Å². The third-order valence-electron chi connectivity index (χ3n) is 2.78. The summed E-state index contributed by atoms with van der Waals surface area (Å²) in [7, 11) is 1.44. The van der Waals surface area contributed by atoms with Crippen LogP contribution in [0.3, 0.4) is 0 Å². The number of hydrogen-bond acceptors (Lipinski definition) is 4. The van der Waals surface area contributed by atoms with E-state index in [0.29, 0.717) is 12.2 Å². The lowest BCUT2D eigenvalue weighted by molar-refractivity contribution is -0.117. The maximum Gasteiger partial charge on any atom is 0.337 e. The second kappa shape index (κ2) is 6.91. The molecule has 0 aromatic heterocycles.